The molecular formula is C11H16BrClNO+. The van der Waals surface area contributed by atoms with Gasteiger partial charge in [0.25, 0.3) is 0 Å². The van der Waals surface area contributed by atoms with Gasteiger partial charge >= 0.3 is 0 Å². The summed E-state index contributed by atoms with van der Waals surface area (Å²) in [6.07, 6.45) is 1.05. The third-order valence-corrected chi connectivity index (χ3v) is 2.83. The molecule has 0 bridgehead atoms. The molecule has 0 aliphatic rings. The molecule has 0 amide bonds. The third-order valence-electron chi connectivity index (χ3n) is 1.97. The summed E-state index contributed by atoms with van der Waals surface area (Å²) in [6, 6.07) is 5.56. The van der Waals surface area contributed by atoms with Crippen LogP contribution in [0.3, 0.4) is 0 Å². The van der Waals surface area contributed by atoms with Crippen LogP contribution in [0.25, 0.3) is 0 Å². The lowest BCUT2D eigenvalue weighted by atomic mass is 10.3. The Morgan fingerprint density at radius 1 is 1.40 bits per heavy atom. The predicted octanol–water partition coefficient (Wildman–Crippen LogP) is 2.02. The summed E-state index contributed by atoms with van der Waals surface area (Å²) in [7, 11) is 4.27. The molecule has 0 aliphatic heterocycles. The SMILES string of the molecule is C[NH+](C)CCCOc1ccc(Cl)cc1Br. The van der Waals surface area contributed by atoms with Gasteiger partial charge in [0.1, 0.15) is 5.75 Å². The standard InChI is InChI=1S/C11H15BrClNO/c1-14(2)6-3-7-15-11-5-4-9(13)8-10(11)12/h4-5,8H,3,6-7H2,1-2H3/p+1. The summed E-state index contributed by atoms with van der Waals surface area (Å²) in [5.41, 5.74) is 0. The van der Waals surface area contributed by atoms with Crippen molar-refractivity contribution in [1.29, 1.82) is 0 Å². The molecule has 0 heterocycles. The van der Waals surface area contributed by atoms with E-state index in [9.17, 15) is 0 Å². The van der Waals surface area contributed by atoms with Crippen molar-refractivity contribution in [3.63, 3.8) is 0 Å². The minimum Gasteiger partial charge on any atom is -0.492 e. The van der Waals surface area contributed by atoms with Gasteiger partial charge in [-0.25, -0.2) is 0 Å². The van der Waals surface area contributed by atoms with Crippen molar-refractivity contribution >= 4 is 27.5 Å². The Kier molecular flexibility index (Phi) is 5.43. The van der Waals surface area contributed by atoms with Gasteiger partial charge in [-0.3, -0.25) is 0 Å². The molecule has 0 unspecified atom stereocenters. The first kappa shape index (κ1) is 12.8. The van der Waals surface area contributed by atoms with Crippen LogP contribution in [0.5, 0.6) is 5.75 Å². The zero-order chi connectivity index (χ0) is 11.3. The number of hydrogen-bond acceptors (Lipinski definition) is 1. The summed E-state index contributed by atoms with van der Waals surface area (Å²) in [5.74, 6) is 0.855. The minimum atomic E-state index is 0.715. The number of halogens is 2. The Hall–Kier alpha value is -0.250. The van der Waals surface area contributed by atoms with Crippen LogP contribution in [0.4, 0.5) is 0 Å². The van der Waals surface area contributed by atoms with Gasteiger partial charge in [0, 0.05) is 11.4 Å². The summed E-state index contributed by atoms with van der Waals surface area (Å²) in [4.78, 5) is 1.44. The Labute approximate surface area is 104 Å². The quantitative estimate of drug-likeness (QED) is 0.820. The smallest absolute Gasteiger partial charge is 0.133 e. The fraction of sp³-hybridized carbons (Fsp3) is 0.455. The highest BCUT2D eigenvalue weighted by Gasteiger charge is 2.02. The number of hydrogen-bond donors (Lipinski definition) is 1. The number of benzene rings is 1. The van der Waals surface area contributed by atoms with Crippen molar-refractivity contribution in [1.82, 2.24) is 0 Å². The first-order valence-corrected chi connectivity index (χ1v) is 6.13. The first-order chi connectivity index (χ1) is 7.09. The molecule has 0 saturated carbocycles. The molecule has 1 N–H and O–H groups in total. The fourth-order valence-electron chi connectivity index (χ4n) is 1.20. The Morgan fingerprint density at radius 2 is 2.13 bits per heavy atom. The van der Waals surface area contributed by atoms with E-state index >= 15 is 0 Å². The van der Waals surface area contributed by atoms with Crippen molar-refractivity contribution in [3.05, 3.63) is 27.7 Å². The Balaban J connectivity index is 2.37. The van der Waals surface area contributed by atoms with Crippen LogP contribution in [-0.4, -0.2) is 27.2 Å². The van der Waals surface area contributed by atoms with E-state index < -0.39 is 0 Å². The Bertz CT molecular complexity index is 317. The lowest BCUT2D eigenvalue weighted by molar-refractivity contribution is -0.858. The normalized spacial score (nSPS) is 10.7. The molecule has 84 valence electrons. The fourth-order valence-corrected chi connectivity index (χ4v) is 2.00. The van der Waals surface area contributed by atoms with Gasteiger partial charge < -0.3 is 9.64 Å². The van der Waals surface area contributed by atoms with Crippen LogP contribution in [-0.2, 0) is 0 Å². The van der Waals surface area contributed by atoms with Crippen molar-refractivity contribution in [3.8, 4) is 5.75 Å². The van der Waals surface area contributed by atoms with E-state index in [1.165, 1.54) is 4.90 Å². The van der Waals surface area contributed by atoms with Crippen LogP contribution < -0.4 is 9.64 Å². The molecule has 0 spiro atoms. The minimum absolute atomic E-state index is 0.715. The van der Waals surface area contributed by atoms with Crippen molar-refractivity contribution in [2.75, 3.05) is 27.2 Å². The van der Waals surface area contributed by atoms with Gasteiger partial charge in [0.05, 0.1) is 31.7 Å². The molecule has 15 heavy (non-hydrogen) atoms. The lowest BCUT2D eigenvalue weighted by Crippen LogP contribution is -3.05. The topological polar surface area (TPSA) is 13.7 Å². The van der Waals surface area contributed by atoms with Gasteiger partial charge in [-0.05, 0) is 34.1 Å². The van der Waals surface area contributed by atoms with E-state index in [-0.39, 0.29) is 0 Å². The second-order valence-corrected chi connectivity index (χ2v) is 5.02. The number of nitrogens with one attached hydrogen (secondary N) is 1. The maximum Gasteiger partial charge on any atom is 0.133 e. The molecule has 0 atom stereocenters. The molecule has 2 nitrogen and oxygen atoms in total. The van der Waals surface area contributed by atoms with Gasteiger partial charge in [-0.2, -0.15) is 0 Å². The molecular weight excluding hydrogens is 277 g/mol. The lowest BCUT2D eigenvalue weighted by Gasteiger charge is -2.10. The van der Waals surface area contributed by atoms with E-state index in [1.54, 1.807) is 0 Å². The number of ether oxygens (including phenoxy) is 1. The van der Waals surface area contributed by atoms with Gasteiger partial charge in [0.2, 0.25) is 0 Å². The zero-order valence-electron chi connectivity index (χ0n) is 9.02. The van der Waals surface area contributed by atoms with Crippen molar-refractivity contribution in [2.24, 2.45) is 0 Å². The summed E-state index contributed by atoms with van der Waals surface area (Å²) in [6.45, 7) is 1.86. The second kappa shape index (κ2) is 6.36. The monoisotopic (exact) mass is 292 g/mol. The Morgan fingerprint density at radius 3 is 2.73 bits per heavy atom. The van der Waals surface area contributed by atoms with E-state index in [0.717, 1.165) is 29.8 Å². The van der Waals surface area contributed by atoms with Crippen LogP contribution in [0.1, 0.15) is 6.42 Å². The summed E-state index contributed by atoms with van der Waals surface area (Å²) < 4.78 is 6.53. The van der Waals surface area contributed by atoms with Crippen LogP contribution in [0, 0.1) is 0 Å². The average Bonchev–Trinajstić information content (AvgIpc) is 2.14. The molecule has 0 aromatic heterocycles. The largest absolute Gasteiger partial charge is 0.492 e. The number of rotatable bonds is 5. The summed E-state index contributed by atoms with van der Waals surface area (Å²) in [5, 5.41) is 0.715. The third kappa shape index (κ3) is 4.87. The van der Waals surface area contributed by atoms with Crippen molar-refractivity contribution in [2.45, 2.75) is 6.42 Å². The molecule has 1 aromatic rings. The predicted molar refractivity (Wildman–Crippen MR) is 66.9 cm³/mol. The van der Waals surface area contributed by atoms with Gasteiger partial charge in [0.15, 0.2) is 0 Å². The maximum atomic E-state index is 5.83. The maximum absolute atomic E-state index is 5.83. The zero-order valence-corrected chi connectivity index (χ0v) is 11.4. The molecule has 0 aliphatic carbocycles. The van der Waals surface area contributed by atoms with Gasteiger partial charge in [-0.15, -0.1) is 0 Å². The van der Waals surface area contributed by atoms with E-state index in [2.05, 4.69) is 30.0 Å². The summed E-state index contributed by atoms with van der Waals surface area (Å²) >= 11 is 9.24. The first-order valence-electron chi connectivity index (χ1n) is 4.96. The van der Waals surface area contributed by atoms with Crippen molar-refractivity contribution < 1.29 is 9.64 Å². The molecule has 0 radical (unpaired) electrons. The molecule has 0 saturated heterocycles. The van der Waals surface area contributed by atoms with Gasteiger partial charge in [-0.1, -0.05) is 11.6 Å². The molecule has 1 aromatic carbocycles. The van der Waals surface area contributed by atoms with E-state index in [1.807, 2.05) is 18.2 Å². The van der Waals surface area contributed by atoms with Crippen LogP contribution >= 0.6 is 27.5 Å². The highest BCUT2D eigenvalue weighted by atomic mass is 79.9. The molecule has 0 fully saturated rings. The van der Waals surface area contributed by atoms with E-state index in [4.69, 9.17) is 16.3 Å². The van der Waals surface area contributed by atoms with Crippen LogP contribution in [0.2, 0.25) is 5.02 Å². The van der Waals surface area contributed by atoms with E-state index in [0.29, 0.717) is 5.02 Å². The highest BCUT2D eigenvalue weighted by molar-refractivity contribution is 9.10. The second-order valence-electron chi connectivity index (χ2n) is 3.73. The molecule has 1 rings (SSSR count). The molecule has 4 heteroatoms. The number of quaternary nitrogens is 1. The highest BCUT2D eigenvalue weighted by Crippen LogP contribution is 2.27. The average molecular weight is 294 g/mol. The van der Waals surface area contributed by atoms with Crippen LogP contribution in [0.15, 0.2) is 22.7 Å².